The number of benzene rings is 2. The lowest BCUT2D eigenvalue weighted by molar-refractivity contribution is -0.140. The fourth-order valence-corrected chi connectivity index (χ4v) is 4.86. The normalized spacial score (nSPS) is 17.9. The van der Waals surface area contributed by atoms with E-state index in [1.54, 1.807) is 0 Å². The maximum absolute atomic E-state index is 13.4. The second-order valence-corrected chi connectivity index (χ2v) is 9.00. The molecule has 3 rings (SSSR count). The lowest BCUT2D eigenvalue weighted by Crippen LogP contribution is -2.43. The van der Waals surface area contributed by atoms with Crippen molar-refractivity contribution in [1.82, 2.24) is 4.31 Å². The van der Waals surface area contributed by atoms with Gasteiger partial charge in [-0.25, -0.2) is 12.8 Å². The third kappa shape index (κ3) is 5.16. The average molecular weight is 460 g/mol. The van der Waals surface area contributed by atoms with Crippen LogP contribution < -0.4 is 10.1 Å². The zero-order chi connectivity index (χ0) is 22.8. The number of hydrogen-bond acceptors (Lipinski definition) is 4. The molecule has 1 N–H and O–H groups in total. The molecular weight excluding hydrogens is 440 g/mol. The van der Waals surface area contributed by atoms with Crippen LogP contribution in [-0.2, 0) is 21.0 Å². The molecule has 1 heterocycles. The number of hydrogen-bond donors (Lipinski definition) is 1. The van der Waals surface area contributed by atoms with Crippen LogP contribution in [0.3, 0.4) is 0 Å². The van der Waals surface area contributed by atoms with Crippen LogP contribution in [0.5, 0.6) is 5.75 Å². The van der Waals surface area contributed by atoms with Crippen molar-refractivity contribution in [1.29, 1.82) is 0 Å². The predicted molar refractivity (Wildman–Crippen MR) is 105 cm³/mol. The lowest BCUT2D eigenvalue weighted by atomic mass is 9.98. The minimum Gasteiger partial charge on any atom is -0.497 e. The van der Waals surface area contributed by atoms with Gasteiger partial charge >= 0.3 is 6.18 Å². The van der Waals surface area contributed by atoms with Gasteiger partial charge in [0.2, 0.25) is 15.9 Å². The summed E-state index contributed by atoms with van der Waals surface area (Å²) in [6.07, 6.45) is -4.13. The molecule has 0 bridgehead atoms. The molecule has 31 heavy (non-hydrogen) atoms. The van der Waals surface area contributed by atoms with Crippen LogP contribution in [0.15, 0.2) is 47.4 Å². The minimum atomic E-state index is -4.90. The Hall–Kier alpha value is -2.66. The molecule has 1 aliphatic rings. The Morgan fingerprint density at radius 2 is 1.84 bits per heavy atom. The Bertz CT molecular complexity index is 1060. The first-order valence-electron chi connectivity index (χ1n) is 9.34. The first kappa shape index (κ1) is 23.0. The van der Waals surface area contributed by atoms with Gasteiger partial charge in [0.1, 0.15) is 11.6 Å². The second kappa shape index (κ2) is 8.83. The summed E-state index contributed by atoms with van der Waals surface area (Å²) in [7, 11) is -2.40. The molecule has 1 atom stereocenters. The topological polar surface area (TPSA) is 75.7 Å². The summed E-state index contributed by atoms with van der Waals surface area (Å²) < 4.78 is 84.0. The molecule has 1 amide bonds. The quantitative estimate of drug-likeness (QED) is 0.687. The van der Waals surface area contributed by atoms with Gasteiger partial charge in [-0.3, -0.25) is 4.79 Å². The molecule has 2 aromatic rings. The molecule has 0 aliphatic carbocycles. The minimum absolute atomic E-state index is 0.0442. The highest BCUT2D eigenvalue weighted by Gasteiger charge is 2.36. The third-order valence-electron chi connectivity index (χ3n) is 4.99. The van der Waals surface area contributed by atoms with E-state index in [-0.39, 0.29) is 23.7 Å². The van der Waals surface area contributed by atoms with Gasteiger partial charge in [0.05, 0.1) is 23.5 Å². The van der Waals surface area contributed by atoms with E-state index in [0.29, 0.717) is 30.7 Å². The van der Waals surface area contributed by atoms with E-state index in [1.165, 1.54) is 35.7 Å². The second-order valence-electron chi connectivity index (χ2n) is 7.06. The Kier molecular flexibility index (Phi) is 6.56. The number of alkyl halides is 3. The Morgan fingerprint density at radius 3 is 2.45 bits per heavy atom. The van der Waals surface area contributed by atoms with Crippen molar-refractivity contribution in [3.63, 3.8) is 0 Å². The summed E-state index contributed by atoms with van der Waals surface area (Å²) in [5, 5.41) is 2.33. The highest BCUT2D eigenvalue weighted by Crippen LogP contribution is 2.33. The number of carbonyl (C=O) groups excluding carboxylic acids is 1. The monoisotopic (exact) mass is 460 g/mol. The molecule has 1 aliphatic heterocycles. The largest absolute Gasteiger partial charge is 0.497 e. The zero-order valence-electron chi connectivity index (χ0n) is 16.4. The van der Waals surface area contributed by atoms with Crippen molar-refractivity contribution >= 4 is 21.6 Å². The predicted octanol–water partition coefficient (Wildman–Crippen LogP) is 3.89. The van der Waals surface area contributed by atoms with Crippen LogP contribution in [0.1, 0.15) is 18.4 Å². The Morgan fingerprint density at radius 1 is 1.16 bits per heavy atom. The lowest BCUT2D eigenvalue weighted by Gasteiger charge is -2.31. The summed E-state index contributed by atoms with van der Waals surface area (Å²) in [6.45, 7) is 0.0976. The van der Waals surface area contributed by atoms with Gasteiger partial charge in [0.15, 0.2) is 0 Å². The van der Waals surface area contributed by atoms with E-state index in [9.17, 15) is 30.8 Å². The van der Waals surface area contributed by atoms with Gasteiger partial charge in [-0.1, -0.05) is 0 Å². The molecule has 168 valence electrons. The van der Waals surface area contributed by atoms with E-state index < -0.39 is 39.4 Å². The molecule has 0 saturated carbocycles. The highest BCUT2D eigenvalue weighted by atomic mass is 32.2. The number of sulfonamides is 1. The van der Waals surface area contributed by atoms with Gasteiger partial charge in [-0.15, -0.1) is 0 Å². The maximum atomic E-state index is 13.4. The van der Waals surface area contributed by atoms with Gasteiger partial charge < -0.3 is 10.1 Å². The van der Waals surface area contributed by atoms with Gasteiger partial charge in [0.25, 0.3) is 0 Å². The van der Waals surface area contributed by atoms with Crippen molar-refractivity contribution in [2.24, 2.45) is 5.92 Å². The maximum Gasteiger partial charge on any atom is 0.419 e. The number of anilines is 1. The van der Waals surface area contributed by atoms with E-state index in [4.69, 9.17) is 4.74 Å². The molecule has 2 aromatic carbocycles. The smallest absolute Gasteiger partial charge is 0.419 e. The molecule has 0 spiro atoms. The molecule has 1 saturated heterocycles. The molecule has 11 heteroatoms. The SMILES string of the molecule is COc1ccc(S(=O)(=O)N2CCC[C@@H](C(=O)Nc3ccc(F)c(C(F)(F)F)c3)C2)cc1. The average Bonchev–Trinajstić information content (AvgIpc) is 2.74. The van der Waals surface area contributed by atoms with Crippen LogP contribution in [0.25, 0.3) is 0 Å². The van der Waals surface area contributed by atoms with Crippen molar-refractivity contribution in [2.75, 3.05) is 25.5 Å². The van der Waals surface area contributed by atoms with Gasteiger partial charge in [-0.05, 0) is 55.3 Å². The number of amides is 1. The summed E-state index contributed by atoms with van der Waals surface area (Å²) in [5.41, 5.74) is -1.70. The van der Waals surface area contributed by atoms with E-state index >= 15 is 0 Å². The Balaban J connectivity index is 1.73. The van der Waals surface area contributed by atoms with Crippen molar-refractivity contribution in [3.8, 4) is 5.75 Å². The number of carbonyl (C=O) groups is 1. The van der Waals surface area contributed by atoms with E-state index in [0.717, 1.165) is 6.07 Å². The fourth-order valence-electron chi connectivity index (χ4n) is 3.34. The number of nitrogens with zero attached hydrogens (tertiary/aromatic N) is 1. The number of nitrogens with one attached hydrogen (secondary N) is 1. The first-order chi connectivity index (χ1) is 14.5. The summed E-state index contributed by atoms with van der Waals surface area (Å²) >= 11 is 0. The molecule has 0 radical (unpaired) electrons. The molecule has 6 nitrogen and oxygen atoms in total. The van der Waals surface area contributed by atoms with Crippen LogP contribution in [0, 0.1) is 11.7 Å². The molecular formula is C20H20F4N2O4S. The van der Waals surface area contributed by atoms with Crippen molar-refractivity contribution < 1.29 is 35.5 Å². The van der Waals surface area contributed by atoms with Crippen LogP contribution in [0.2, 0.25) is 0 Å². The highest BCUT2D eigenvalue weighted by molar-refractivity contribution is 7.89. The Labute approximate surface area is 176 Å². The summed E-state index contributed by atoms with van der Waals surface area (Å²) in [6, 6.07) is 7.98. The molecule has 0 unspecified atom stereocenters. The number of ether oxygens (including phenoxy) is 1. The van der Waals surface area contributed by atoms with Gasteiger partial charge in [0, 0.05) is 18.8 Å². The molecule has 1 fully saturated rings. The first-order valence-corrected chi connectivity index (χ1v) is 10.8. The third-order valence-corrected chi connectivity index (χ3v) is 6.87. The van der Waals surface area contributed by atoms with Crippen LogP contribution >= 0.6 is 0 Å². The fraction of sp³-hybridized carbons (Fsp3) is 0.350. The number of halogens is 4. The van der Waals surface area contributed by atoms with E-state index in [1.807, 2.05) is 0 Å². The number of piperidine rings is 1. The molecule has 0 aromatic heterocycles. The van der Waals surface area contributed by atoms with Crippen LogP contribution in [-0.4, -0.2) is 38.8 Å². The summed E-state index contributed by atoms with van der Waals surface area (Å²) in [5.74, 6) is -2.34. The van der Waals surface area contributed by atoms with Crippen LogP contribution in [0.4, 0.5) is 23.2 Å². The van der Waals surface area contributed by atoms with Gasteiger partial charge in [-0.2, -0.15) is 17.5 Å². The standard InChI is InChI=1S/C20H20F4N2O4S/c1-30-15-5-7-16(8-6-15)31(28,29)26-10-2-3-13(12-26)19(27)25-14-4-9-18(21)17(11-14)20(22,23)24/h4-9,11,13H,2-3,10,12H2,1H3,(H,25,27)/t13-/m1/s1. The van der Waals surface area contributed by atoms with Crippen molar-refractivity contribution in [2.45, 2.75) is 23.9 Å². The van der Waals surface area contributed by atoms with Crippen molar-refractivity contribution in [3.05, 3.63) is 53.8 Å². The van der Waals surface area contributed by atoms with E-state index in [2.05, 4.69) is 5.32 Å². The summed E-state index contributed by atoms with van der Waals surface area (Å²) in [4.78, 5) is 12.6. The number of rotatable bonds is 5. The zero-order valence-corrected chi connectivity index (χ0v) is 17.3. The number of methoxy groups -OCH3 is 1.